The van der Waals surface area contributed by atoms with Gasteiger partial charge < -0.3 is 5.32 Å². The smallest absolute Gasteiger partial charge is 0.157 e. The highest BCUT2D eigenvalue weighted by Gasteiger charge is 2.36. The van der Waals surface area contributed by atoms with Gasteiger partial charge in [-0.15, -0.1) is 0 Å². The maximum Gasteiger partial charge on any atom is 0.157 e. The molecule has 0 radical (unpaired) electrons. The van der Waals surface area contributed by atoms with E-state index in [-0.39, 0.29) is 0 Å². The van der Waals surface area contributed by atoms with Crippen LogP contribution in [0.3, 0.4) is 0 Å². The second-order valence-corrected chi connectivity index (χ2v) is 6.45. The maximum absolute atomic E-state index is 4.56. The zero-order valence-corrected chi connectivity index (χ0v) is 12.8. The van der Waals surface area contributed by atoms with Gasteiger partial charge in [-0.2, -0.15) is 5.10 Å². The monoisotopic (exact) mass is 285 g/mol. The summed E-state index contributed by atoms with van der Waals surface area (Å²) in [4.78, 5) is 7.21. The van der Waals surface area contributed by atoms with Gasteiger partial charge in [-0.25, -0.2) is 4.98 Å². The van der Waals surface area contributed by atoms with Gasteiger partial charge in [0.15, 0.2) is 5.65 Å². The van der Waals surface area contributed by atoms with Gasteiger partial charge in [0, 0.05) is 43.8 Å². The van der Waals surface area contributed by atoms with Crippen molar-refractivity contribution >= 4 is 11.0 Å². The SMILES string of the molecule is Cc1nn(C)c2ncc(CNC3CCN4CCCC34)cc12. The average Bonchev–Trinajstić information content (AvgIpc) is 3.14. The molecule has 21 heavy (non-hydrogen) atoms. The first-order valence-electron chi connectivity index (χ1n) is 7.98. The molecule has 2 aliphatic rings. The highest BCUT2D eigenvalue weighted by molar-refractivity contribution is 5.78. The second kappa shape index (κ2) is 5.07. The summed E-state index contributed by atoms with van der Waals surface area (Å²) in [6, 6.07) is 3.65. The van der Waals surface area contributed by atoms with E-state index in [1.807, 2.05) is 17.9 Å². The normalized spacial score (nSPS) is 25.8. The molecule has 1 N–H and O–H groups in total. The van der Waals surface area contributed by atoms with Crippen molar-refractivity contribution in [3.63, 3.8) is 0 Å². The molecular weight excluding hydrogens is 262 g/mol. The van der Waals surface area contributed by atoms with Gasteiger partial charge in [-0.3, -0.25) is 9.58 Å². The van der Waals surface area contributed by atoms with Gasteiger partial charge in [0.2, 0.25) is 0 Å². The summed E-state index contributed by atoms with van der Waals surface area (Å²) >= 11 is 0. The quantitative estimate of drug-likeness (QED) is 0.930. The molecule has 5 nitrogen and oxygen atoms in total. The summed E-state index contributed by atoms with van der Waals surface area (Å²) in [6.45, 7) is 5.52. The summed E-state index contributed by atoms with van der Waals surface area (Å²) in [5, 5.41) is 9.36. The van der Waals surface area contributed by atoms with E-state index in [9.17, 15) is 0 Å². The van der Waals surface area contributed by atoms with Crippen LogP contribution in [0.4, 0.5) is 0 Å². The minimum atomic E-state index is 0.651. The predicted molar refractivity (Wildman–Crippen MR) is 83.1 cm³/mol. The first-order chi connectivity index (χ1) is 10.2. The molecule has 0 bridgehead atoms. The Morgan fingerprint density at radius 1 is 1.33 bits per heavy atom. The van der Waals surface area contributed by atoms with E-state index in [1.54, 1.807) is 0 Å². The molecule has 0 spiro atoms. The Labute approximate surface area is 125 Å². The molecule has 5 heteroatoms. The van der Waals surface area contributed by atoms with Crippen molar-refractivity contribution in [1.82, 2.24) is 25.0 Å². The molecule has 2 aromatic rings. The Morgan fingerprint density at radius 2 is 2.24 bits per heavy atom. The summed E-state index contributed by atoms with van der Waals surface area (Å²) in [5.74, 6) is 0. The molecule has 2 saturated heterocycles. The van der Waals surface area contributed by atoms with Crippen LogP contribution >= 0.6 is 0 Å². The van der Waals surface area contributed by atoms with Crippen LogP contribution < -0.4 is 5.32 Å². The highest BCUT2D eigenvalue weighted by atomic mass is 15.3. The van der Waals surface area contributed by atoms with E-state index in [1.165, 1.54) is 43.3 Å². The number of aryl methyl sites for hydroxylation is 2. The first-order valence-corrected chi connectivity index (χ1v) is 7.98. The van der Waals surface area contributed by atoms with Gasteiger partial charge in [0.25, 0.3) is 0 Å². The van der Waals surface area contributed by atoms with E-state index < -0.39 is 0 Å². The van der Waals surface area contributed by atoms with Gasteiger partial charge in [0.1, 0.15) is 0 Å². The fraction of sp³-hybridized carbons (Fsp3) is 0.625. The molecule has 2 fully saturated rings. The number of hydrogen-bond acceptors (Lipinski definition) is 4. The van der Waals surface area contributed by atoms with Crippen LogP contribution in [0.25, 0.3) is 11.0 Å². The number of fused-ring (bicyclic) bond motifs is 2. The van der Waals surface area contributed by atoms with Crippen molar-refractivity contribution in [3.8, 4) is 0 Å². The predicted octanol–water partition coefficient (Wildman–Crippen LogP) is 1.60. The topological polar surface area (TPSA) is 46.0 Å². The van der Waals surface area contributed by atoms with Crippen molar-refractivity contribution < 1.29 is 0 Å². The third-order valence-electron chi connectivity index (χ3n) is 5.09. The van der Waals surface area contributed by atoms with E-state index in [0.29, 0.717) is 6.04 Å². The van der Waals surface area contributed by atoms with E-state index in [4.69, 9.17) is 0 Å². The fourth-order valence-electron chi connectivity index (χ4n) is 4.02. The largest absolute Gasteiger partial charge is 0.308 e. The molecule has 4 rings (SSSR count). The summed E-state index contributed by atoms with van der Waals surface area (Å²) < 4.78 is 1.86. The molecule has 0 amide bonds. The lowest BCUT2D eigenvalue weighted by molar-refractivity contribution is 0.298. The minimum absolute atomic E-state index is 0.651. The zero-order chi connectivity index (χ0) is 14.4. The van der Waals surface area contributed by atoms with Crippen molar-refractivity contribution in [1.29, 1.82) is 0 Å². The van der Waals surface area contributed by atoms with Gasteiger partial charge in [0.05, 0.1) is 5.69 Å². The molecule has 0 saturated carbocycles. The van der Waals surface area contributed by atoms with Crippen LogP contribution in [-0.2, 0) is 13.6 Å². The Balaban J connectivity index is 1.48. The number of pyridine rings is 1. The number of nitrogens with zero attached hydrogens (tertiary/aromatic N) is 4. The molecule has 112 valence electrons. The number of hydrogen-bond donors (Lipinski definition) is 1. The maximum atomic E-state index is 4.56. The summed E-state index contributed by atoms with van der Waals surface area (Å²) in [6.07, 6.45) is 5.99. The molecule has 2 unspecified atom stereocenters. The summed E-state index contributed by atoms with van der Waals surface area (Å²) in [7, 11) is 1.95. The Morgan fingerprint density at radius 3 is 3.14 bits per heavy atom. The Bertz CT molecular complexity index is 662. The molecular formula is C16H23N5. The van der Waals surface area contributed by atoms with Crippen molar-refractivity contribution in [2.45, 2.75) is 44.8 Å². The van der Waals surface area contributed by atoms with Crippen LogP contribution in [0.2, 0.25) is 0 Å². The van der Waals surface area contributed by atoms with Gasteiger partial charge in [-0.05, 0) is 44.4 Å². The van der Waals surface area contributed by atoms with Crippen LogP contribution in [0.5, 0.6) is 0 Å². The van der Waals surface area contributed by atoms with Gasteiger partial charge in [-0.1, -0.05) is 0 Å². The summed E-state index contributed by atoms with van der Waals surface area (Å²) in [5.41, 5.74) is 3.29. The minimum Gasteiger partial charge on any atom is -0.308 e. The lowest BCUT2D eigenvalue weighted by atomic mass is 10.1. The van der Waals surface area contributed by atoms with Gasteiger partial charge >= 0.3 is 0 Å². The Hall–Kier alpha value is -1.46. The van der Waals surface area contributed by atoms with Crippen LogP contribution in [-0.4, -0.2) is 44.8 Å². The third kappa shape index (κ3) is 2.24. The van der Waals surface area contributed by atoms with Crippen molar-refractivity contribution in [2.75, 3.05) is 13.1 Å². The van der Waals surface area contributed by atoms with Crippen molar-refractivity contribution in [2.24, 2.45) is 7.05 Å². The third-order valence-corrected chi connectivity index (χ3v) is 5.09. The molecule has 2 aliphatic heterocycles. The second-order valence-electron chi connectivity index (χ2n) is 6.45. The van der Waals surface area contributed by atoms with Crippen LogP contribution in [0, 0.1) is 6.92 Å². The average molecular weight is 285 g/mol. The standard InChI is InChI=1S/C16H23N5/c1-11-13-8-12(10-18-16(13)20(2)19-11)9-17-14-5-7-21-6-3-4-15(14)21/h8,10,14-15,17H,3-7,9H2,1-2H3. The molecule has 2 aromatic heterocycles. The van der Waals surface area contributed by atoms with Crippen molar-refractivity contribution in [3.05, 3.63) is 23.5 Å². The van der Waals surface area contributed by atoms with E-state index in [0.717, 1.165) is 23.9 Å². The number of aromatic nitrogens is 3. The highest BCUT2D eigenvalue weighted by Crippen LogP contribution is 2.28. The van der Waals surface area contributed by atoms with Crippen LogP contribution in [0.1, 0.15) is 30.5 Å². The number of nitrogens with one attached hydrogen (secondary N) is 1. The molecule has 2 atom stereocenters. The molecule has 0 aliphatic carbocycles. The first kappa shape index (κ1) is 13.2. The number of rotatable bonds is 3. The van der Waals surface area contributed by atoms with E-state index >= 15 is 0 Å². The molecule has 4 heterocycles. The van der Waals surface area contributed by atoms with Crippen LogP contribution in [0.15, 0.2) is 12.3 Å². The fourth-order valence-corrected chi connectivity index (χ4v) is 4.02. The Kier molecular flexibility index (Phi) is 3.19. The lowest BCUT2D eigenvalue weighted by Gasteiger charge is -2.21. The molecule has 0 aromatic carbocycles. The van der Waals surface area contributed by atoms with E-state index in [2.05, 4.69) is 33.3 Å². The lowest BCUT2D eigenvalue weighted by Crippen LogP contribution is -2.38. The zero-order valence-electron chi connectivity index (χ0n) is 12.8.